The molecular weight excluding hydrogens is 160 g/mol. The van der Waals surface area contributed by atoms with E-state index in [-0.39, 0.29) is 5.92 Å². The highest BCUT2D eigenvalue weighted by molar-refractivity contribution is 5.93. The van der Waals surface area contributed by atoms with Gasteiger partial charge in [0, 0.05) is 0 Å². The summed E-state index contributed by atoms with van der Waals surface area (Å²) in [6, 6.07) is 0. The van der Waals surface area contributed by atoms with Gasteiger partial charge in [-0.1, -0.05) is 20.3 Å². The Balaban J connectivity index is 4.29. The van der Waals surface area contributed by atoms with Crippen LogP contribution in [0, 0.1) is 11.8 Å². The van der Waals surface area contributed by atoms with E-state index < -0.39 is 17.9 Å². The maximum Gasteiger partial charge on any atom is 0.318 e. The number of carbonyl (C=O) groups is 2. The molecule has 0 saturated heterocycles. The molecule has 0 heterocycles. The van der Waals surface area contributed by atoms with E-state index in [0.717, 1.165) is 6.42 Å². The summed E-state index contributed by atoms with van der Waals surface area (Å²) in [6.07, 6.45) is 1.43. The van der Waals surface area contributed by atoms with Crippen LogP contribution in [-0.2, 0) is 9.59 Å². The van der Waals surface area contributed by atoms with Gasteiger partial charge in [-0.3, -0.25) is 9.59 Å². The lowest BCUT2D eigenvalue weighted by Crippen LogP contribution is -2.29. The second-order valence-corrected chi connectivity index (χ2v) is 2.92. The number of carboxylic acid groups (broad SMARTS) is 2. The van der Waals surface area contributed by atoms with Crippen molar-refractivity contribution in [2.45, 2.75) is 26.7 Å². The molecule has 0 amide bonds. The molecule has 0 aliphatic rings. The summed E-state index contributed by atoms with van der Waals surface area (Å²) >= 11 is 0. The first-order valence-corrected chi connectivity index (χ1v) is 3.96. The molecule has 4 heteroatoms. The monoisotopic (exact) mass is 174 g/mol. The van der Waals surface area contributed by atoms with Gasteiger partial charge in [-0.25, -0.2) is 0 Å². The average Bonchev–Trinajstić information content (AvgIpc) is 1.85. The molecule has 12 heavy (non-hydrogen) atoms. The van der Waals surface area contributed by atoms with Crippen LogP contribution in [0.3, 0.4) is 0 Å². The third-order valence-electron chi connectivity index (χ3n) is 1.85. The largest absolute Gasteiger partial charge is 0.481 e. The van der Waals surface area contributed by atoms with Gasteiger partial charge in [0.05, 0.1) is 0 Å². The minimum absolute atomic E-state index is 0.301. The lowest BCUT2D eigenvalue weighted by atomic mass is 9.90. The van der Waals surface area contributed by atoms with E-state index in [0.29, 0.717) is 6.42 Å². The molecule has 0 spiro atoms. The highest BCUT2D eigenvalue weighted by atomic mass is 16.4. The number of rotatable bonds is 5. The van der Waals surface area contributed by atoms with Crippen molar-refractivity contribution in [1.82, 2.24) is 0 Å². The molecule has 0 aromatic rings. The standard InChI is InChI=1S/C8H14O4/c1-3-4-5(2)6(7(9)10)8(11)12/h5-6H,3-4H2,1-2H3,(H,9,10)(H,11,12). The molecule has 0 aromatic carbocycles. The van der Waals surface area contributed by atoms with Crippen LogP contribution >= 0.6 is 0 Å². The van der Waals surface area contributed by atoms with Crippen molar-refractivity contribution in [3.8, 4) is 0 Å². The van der Waals surface area contributed by atoms with Gasteiger partial charge in [0.25, 0.3) is 0 Å². The Hall–Kier alpha value is -1.06. The van der Waals surface area contributed by atoms with Crippen LogP contribution in [0.2, 0.25) is 0 Å². The van der Waals surface area contributed by atoms with Gasteiger partial charge in [0.2, 0.25) is 0 Å². The van der Waals surface area contributed by atoms with Gasteiger partial charge in [0.1, 0.15) is 0 Å². The Morgan fingerprint density at radius 2 is 1.67 bits per heavy atom. The molecule has 0 aliphatic heterocycles. The molecule has 0 fully saturated rings. The minimum atomic E-state index is -1.26. The van der Waals surface area contributed by atoms with Crippen LogP contribution in [0.15, 0.2) is 0 Å². The predicted octanol–water partition coefficient (Wildman–Crippen LogP) is 1.21. The fourth-order valence-electron chi connectivity index (χ4n) is 1.21. The topological polar surface area (TPSA) is 74.6 Å². The fourth-order valence-corrected chi connectivity index (χ4v) is 1.21. The Kier molecular flexibility index (Phi) is 4.33. The number of hydrogen-bond donors (Lipinski definition) is 2. The summed E-state index contributed by atoms with van der Waals surface area (Å²) in [6.45, 7) is 3.55. The lowest BCUT2D eigenvalue weighted by Gasteiger charge is -2.14. The van der Waals surface area contributed by atoms with Crippen molar-refractivity contribution < 1.29 is 19.8 Å². The van der Waals surface area contributed by atoms with Crippen LogP contribution in [0.4, 0.5) is 0 Å². The third-order valence-corrected chi connectivity index (χ3v) is 1.85. The zero-order valence-electron chi connectivity index (χ0n) is 7.28. The van der Waals surface area contributed by atoms with E-state index in [1.807, 2.05) is 6.92 Å². The maximum absolute atomic E-state index is 10.5. The first kappa shape index (κ1) is 10.9. The summed E-state index contributed by atoms with van der Waals surface area (Å²) in [5, 5.41) is 17.1. The van der Waals surface area contributed by atoms with Crippen molar-refractivity contribution in [2.24, 2.45) is 11.8 Å². The van der Waals surface area contributed by atoms with Gasteiger partial charge < -0.3 is 10.2 Å². The van der Waals surface area contributed by atoms with Crippen LogP contribution in [0.25, 0.3) is 0 Å². The van der Waals surface area contributed by atoms with E-state index in [4.69, 9.17) is 10.2 Å². The second kappa shape index (κ2) is 4.74. The molecule has 2 N–H and O–H groups in total. The highest BCUT2D eigenvalue weighted by Gasteiger charge is 2.30. The summed E-state index contributed by atoms with van der Waals surface area (Å²) in [5.41, 5.74) is 0. The molecule has 0 aromatic heterocycles. The highest BCUT2D eigenvalue weighted by Crippen LogP contribution is 2.17. The molecule has 0 bridgehead atoms. The molecule has 0 aliphatic carbocycles. The van der Waals surface area contributed by atoms with Crippen molar-refractivity contribution >= 4 is 11.9 Å². The fraction of sp³-hybridized carbons (Fsp3) is 0.750. The van der Waals surface area contributed by atoms with Gasteiger partial charge >= 0.3 is 11.9 Å². The Morgan fingerprint density at radius 3 is 1.92 bits per heavy atom. The first-order chi connectivity index (χ1) is 5.50. The van der Waals surface area contributed by atoms with Gasteiger partial charge in [-0.15, -0.1) is 0 Å². The van der Waals surface area contributed by atoms with Crippen LogP contribution in [0.5, 0.6) is 0 Å². The second-order valence-electron chi connectivity index (χ2n) is 2.92. The summed E-state index contributed by atoms with van der Waals surface area (Å²) in [5.74, 6) is -4.05. The Morgan fingerprint density at radius 1 is 1.25 bits per heavy atom. The Bertz CT molecular complexity index is 162. The van der Waals surface area contributed by atoms with Crippen molar-refractivity contribution in [3.05, 3.63) is 0 Å². The summed E-state index contributed by atoms with van der Waals surface area (Å²) in [7, 11) is 0. The lowest BCUT2D eigenvalue weighted by molar-refractivity contribution is -0.157. The molecule has 0 saturated carbocycles. The van der Waals surface area contributed by atoms with E-state index in [1.165, 1.54) is 0 Å². The van der Waals surface area contributed by atoms with Gasteiger partial charge in [-0.2, -0.15) is 0 Å². The molecule has 0 rings (SSSR count). The molecule has 1 atom stereocenters. The molecule has 0 radical (unpaired) electrons. The predicted molar refractivity (Wildman–Crippen MR) is 42.8 cm³/mol. The minimum Gasteiger partial charge on any atom is -0.481 e. The summed E-state index contributed by atoms with van der Waals surface area (Å²) < 4.78 is 0. The van der Waals surface area contributed by atoms with E-state index in [9.17, 15) is 9.59 Å². The molecule has 1 unspecified atom stereocenters. The smallest absolute Gasteiger partial charge is 0.318 e. The van der Waals surface area contributed by atoms with Crippen molar-refractivity contribution in [1.29, 1.82) is 0 Å². The Labute approximate surface area is 71.2 Å². The average molecular weight is 174 g/mol. The van der Waals surface area contributed by atoms with Crippen LogP contribution in [0.1, 0.15) is 26.7 Å². The SMILES string of the molecule is CCCC(C)C(C(=O)O)C(=O)O. The number of carboxylic acids is 2. The normalized spacial score (nSPS) is 12.9. The maximum atomic E-state index is 10.5. The van der Waals surface area contributed by atoms with Crippen LogP contribution < -0.4 is 0 Å². The van der Waals surface area contributed by atoms with E-state index in [2.05, 4.69) is 0 Å². The van der Waals surface area contributed by atoms with Crippen molar-refractivity contribution in [2.75, 3.05) is 0 Å². The molecule has 4 nitrogen and oxygen atoms in total. The van der Waals surface area contributed by atoms with E-state index >= 15 is 0 Å². The number of hydrogen-bond acceptors (Lipinski definition) is 2. The third kappa shape index (κ3) is 2.90. The zero-order valence-corrected chi connectivity index (χ0v) is 7.28. The first-order valence-electron chi connectivity index (χ1n) is 3.96. The molecule has 70 valence electrons. The molecular formula is C8H14O4. The van der Waals surface area contributed by atoms with Gasteiger partial charge in [-0.05, 0) is 12.3 Å². The summed E-state index contributed by atoms with van der Waals surface area (Å²) in [4.78, 5) is 21.0. The van der Waals surface area contributed by atoms with Gasteiger partial charge in [0.15, 0.2) is 5.92 Å². The van der Waals surface area contributed by atoms with Crippen molar-refractivity contribution in [3.63, 3.8) is 0 Å². The quantitative estimate of drug-likeness (QED) is 0.614. The zero-order chi connectivity index (χ0) is 9.72. The van der Waals surface area contributed by atoms with E-state index in [1.54, 1.807) is 6.92 Å². The number of aliphatic carboxylic acids is 2. The van der Waals surface area contributed by atoms with Crippen LogP contribution in [-0.4, -0.2) is 22.2 Å².